The predicted molar refractivity (Wildman–Crippen MR) is 55.8 cm³/mol. The first-order valence-electron chi connectivity index (χ1n) is 5.50. The Labute approximate surface area is 93.5 Å². The van der Waals surface area contributed by atoms with Crippen LogP contribution < -0.4 is 5.32 Å². The van der Waals surface area contributed by atoms with E-state index < -0.39 is 18.2 Å². The molecule has 5 heteroatoms. The molecule has 1 aliphatic carbocycles. The quantitative estimate of drug-likeness (QED) is 0.684. The van der Waals surface area contributed by atoms with E-state index in [2.05, 4.69) is 5.32 Å². The zero-order chi connectivity index (χ0) is 11.5. The number of amides is 1. The summed E-state index contributed by atoms with van der Waals surface area (Å²) in [6, 6.07) is 0.153. The van der Waals surface area contributed by atoms with E-state index in [9.17, 15) is 9.59 Å². The number of ether oxygens (including phenoxy) is 1. The zero-order valence-corrected chi connectivity index (χ0v) is 8.89. The molecule has 0 aromatic rings. The lowest BCUT2D eigenvalue weighted by atomic mass is 10.1. The maximum absolute atomic E-state index is 11.7. The average Bonchev–Trinajstić information content (AvgIpc) is 2.86. The van der Waals surface area contributed by atoms with Crippen molar-refractivity contribution >= 4 is 11.9 Å². The lowest BCUT2D eigenvalue weighted by molar-refractivity contribution is -0.151. The van der Waals surface area contributed by atoms with Crippen LogP contribution >= 0.6 is 0 Å². The fraction of sp³-hybridized carbons (Fsp3) is 0.636. The van der Waals surface area contributed by atoms with Gasteiger partial charge in [0.15, 0.2) is 6.10 Å². The van der Waals surface area contributed by atoms with Gasteiger partial charge in [-0.25, -0.2) is 4.79 Å². The van der Waals surface area contributed by atoms with Crippen molar-refractivity contribution in [3.8, 4) is 0 Å². The highest BCUT2D eigenvalue weighted by molar-refractivity contribution is 5.82. The molecule has 1 amide bonds. The van der Waals surface area contributed by atoms with Crippen LogP contribution in [0.2, 0.25) is 0 Å². The van der Waals surface area contributed by atoms with E-state index in [1.54, 1.807) is 0 Å². The van der Waals surface area contributed by atoms with Gasteiger partial charge in [0, 0.05) is 6.04 Å². The first-order valence-corrected chi connectivity index (χ1v) is 5.50. The number of carboxylic acid groups (broad SMARTS) is 1. The van der Waals surface area contributed by atoms with Crippen molar-refractivity contribution in [2.75, 3.05) is 0 Å². The van der Waals surface area contributed by atoms with E-state index in [0.29, 0.717) is 12.8 Å². The Kier molecular flexibility index (Phi) is 3.24. The van der Waals surface area contributed by atoms with Crippen LogP contribution in [0.4, 0.5) is 0 Å². The molecule has 1 heterocycles. The third-order valence-electron chi connectivity index (χ3n) is 2.94. The molecule has 1 aliphatic heterocycles. The molecule has 16 heavy (non-hydrogen) atoms. The summed E-state index contributed by atoms with van der Waals surface area (Å²) in [4.78, 5) is 22.4. The third-order valence-corrected chi connectivity index (χ3v) is 2.94. The molecular weight excluding hydrogens is 210 g/mol. The minimum atomic E-state index is -0.988. The molecule has 2 unspecified atom stereocenters. The van der Waals surface area contributed by atoms with Crippen molar-refractivity contribution in [3.63, 3.8) is 0 Å². The zero-order valence-electron chi connectivity index (χ0n) is 8.89. The first-order chi connectivity index (χ1) is 7.66. The molecule has 0 bridgehead atoms. The van der Waals surface area contributed by atoms with Crippen molar-refractivity contribution in [1.82, 2.24) is 5.32 Å². The first kappa shape index (κ1) is 11.1. The molecule has 0 spiro atoms. The van der Waals surface area contributed by atoms with Gasteiger partial charge < -0.3 is 15.2 Å². The molecule has 0 aromatic heterocycles. The van der Waals surface area contributed by atoms with Gasteiger partial charge in [-0.1, -0.05) is 12.2 Å². The topological polar surface area (TPSA) is 75.6 Å². The number of carbonyl (C=O) groups is 2. The van der Waals surface area contributed by atoms with Gasteiger partial charge in [-0.2, -0.15) is 0 Å². The van der Waals surface area contributed by atoms with E-state index >= 15 is 0 Å². The summed E-state index contributed by atoms with van der Waals surface area (Å²) >= 11 is 0. The minimum absolute atomic E-state index is 0.153. The average molecular weight is 225 g/mol. The summed E-state index contributed by atoms with van der Waals surface area (Å²) in [5, 5.41) is 11.6. The summed E-state index contributed by atoms with van der Waals surface area (Å²) in [7, 11) is 0. The number of rotatable bonds is 3. The molecule has 2 N–H and O–H groups in total. The van der Waals surface area contributed by atoms with Gasteiger partial charge in [0.25, 0.3) is 0 Å². The summed E-state index contributed by atoms with van der Waals surface area (Å²) in [5.41, 5.74) is 0. The van der Waals surface area contributed by atoms with Gasteiger partial charge in [0.2, 0.25) is 5.91 Å². The highest BCUT2D eigenvalue weighted by atomic mass is 16.5. The van der Waals surface area contributed by atoms with Crippen LogP contribution in [-0.2, 0) is 14.3 Å². The van der Waals surface area contributed by atoms with Crippen LogP contribution in [0.15, 0.2) is 12.2 Å². The Morgan fingerprint density at radius 2 is 1.81 bits per heavy atom. The van der Waals surface area contributed by atoms with Crippen molar-refractivity contribution in [1.29, 1.82) is 0 Å². The van der Waals surface area contributed by atoms with Gasteiger partial charge >= 0.3 is 5.97 Å². The van der Waals surface area contributed by atoms with Crippen LogP contribution in [0.25, 0.3) is 0 Å². The van der Waals surface area contributed by atoms with E-state index in [4.69, 9.17) is 9.84 Å². The molecule has 0 aromatic carbocycles. The maximum atomic E-state index is 11.7. The van der Waals surface area contributed by atoms with E-state index in [1.807, 2.05) is 12.2 Å². The molecule has 2 rings (SSSR count). The highest BCUT2D eigenvalue weighted by Crippen LogP contribution is 2.20. The monoisotopic (exact) mass is 225 g/mol. The van der Waals surface area contributed by atoms with Crippen molar-refractivity contribution in [3.05, 3.63) is 12.2 Å². The van der Waals surface area contributed by atoms with Crippen LogP contribution in [0.1, 0.15) is 25.7 Å². The standard InChI is InChI=1S/C11H15NO4/c13-10(12-7-3-1-2-4-7)8-5-6-9(16-8)11(14)15/h1-2,7-9H,3-6H2,(H,12,13)(H,14,15). The second kappa shape index (κ2) is 4.65. The van der Waals surface area contributed by atoms with Crippen LogP contribution in [0.3, 0.4) is 0 Å². The van der Waals surface area contributed by atoms with Gasteiger partial charge in [-0.15, -0.1) is 0 Å². The van der Waals surface area contributed by atoms with Gasteiger partial charge in [0.1, 0.15) is 6.10 Å². The smallest absolute Gasteiger partial charge is 0.332 e. The largest absolute Gasteiger partial charge is 0.479 e. The normalized spacial score (nSPS) is 29.5. The summed E-state index contributed by atoms with van der Waals surface area (Å²) < 4.78 is 5.16. The summed E-state index contributed by atoms with van der Waals surface area (Å²) in [6.45, 7) is 0. The lowest BCUT2D eigenvalue weighted by Crippen LogP contribution is -2.40. The van der Waals surface area contributed by atoms with Crippen molar-refractivity contribution in [2.45, 2.75) is 43.9 Å². The fourth-order valence-electron chi connectivity index (χ4n) is 2.04. The molecule has 1 fully saturated rings. The molecular formula is C11H15NO4. The third kappa shape index (κ3) is 2.41. The molecule has 2 aliphatic rings. The predicted octanol–water partition coefficient (Wildman–Crippen LogP) is 0.453. The maximum Gasteiger partial charge on any atom is 0.332 e. The fourth-order valence-corrected chi connectivity index (χ4v) is 2.04. The molecule has 88 valence electrons. The Morgan fingerprint density at radius 1 is 1.19 bits per heavy atom. The molecule has 0 radical (unpaired) electrons. The molecule has 5 nitrogen and oxygen atoms in total. The number of aliphatic carboxylic acids is 1. The van der Waals surface area contributed by atoms with Crippen LogP contribution in [0.5, 0.6) is 0 Å². The van der Waals surface area contributed by atoms with Gasteiger partial charge in [-0.3, -0.25) is 4.79 Å². The summed E-state index contributed by atoms with van der Waals surface area (Å²) in [5.74, 6) is -1.17. The number of carbonyl (C=O) groups excluding carboxylic acids is 1. The van der Waals surface area contributed by atoms with E-state index in [0.717, 1.165) is 12.8 Å². The Bertz CT molecular complexity index is 318. The van der Waals surface area contributed by atoms with Crippen molar-refractivity contribution < 1.29 is 19.4 Å². The van der Waals surface area contributed by atoms with Gasteiger partial charge in [0.05, 0.1) is 0 Å². The van der Waals surface area contributed by atoms with E-state index in [-0.39, 0.29) is 11.9 Å². The Hall–Kier alpha value is -1.36. The molecule has 0 saturated carbocycles. The number of hydrogen-bond acceptors (Lipinski definition) is 3. The second-order valence-electron chi connectivity index (χ2n) is 4.18. The SMILES string of the molecule is O=C(O)C1CCC(C(=O)NC2CC=CC2)O1. The Balaban J connectivity index is 1.80. The second-order valence-corrected chi connectivity index (χ2v) is 4.18. The van der Waals surface area contributed by atoms with E-state index in [1.165, 1.54) is 0 Å². The minimum Gasteiger partial charge on any atom is -0.479 e. The lowest BCUT2D eigenvalue weighted by Gasteiger charge is -2.16. The van der Waals surface area contributed by atoms with Crippen molar-refractivity contribution in [2.24, 2.45) is 0 Å². The van der Waals surface area contributed by atoms with Crippen LogP contribution in [0, 0.1) is 0 Å². The summed E-state index contributed by atoms with van der Waals surface area (Å²) in [6.07, 6.45) is 5.24. The highest BCUT2D eigenvalue weighted by Gasteiger charge is 2.35. The van der Waals surface area contributed by atoms with Crippen LogP contribution in [-0.4, -0.2) is 35.2 Å². The Morgan fingerprint density at radius 3 is 2.38 bits per heavy atom. The molecule has 1 saturated heterocycles. The molecule has 2 atom stereocenters. The number of nitrogens with one attached hydrogen (secondary N) is 1. The van der Waals surface area contributed by atoms with Gasteiger partial charge in [-0.05, 0) is 25.7 Å². The number of hydrogen-bond donors (Lipinski definition) is 2. The number of carboxylic acids is 1.